The summed E-state index contributed by atoms with van der Waals surface area (Å²) >= 11 is 1.68. The lowest BCUT2D eigenvalue weighted by Crippen LogP contribution is -2.47. The van der Waals surface area contributed by atoms with E-state index >= 15 is 0 Å². The minimum absolute atomic E-state index is 0.0296. The number of hydrogen-bond donors (Lipinski definition) is 1. The topological polar surface area (TPSA) is 51.7 Å². The number of nitrogens with zero attached hydrogens (tertiary/aromatic N) is 4. The van der Waals surface area contributed by atoms with Gasteiger partial charge in [0.1, 0.15) is 5.82 Å². The Bertz CT molecular complexity index is 1150. The number of amides is 1. The number of fused-ring (bicyclic) bond motifs is 1. The van der Waals surface area contributed by atoms with Crippen molar-refractivity contribution in [3.8, 4) is 0 Å². The molecule has 2 aliphatic heterocycles. The Labute approximate surface area is 210 Å². The number of piperidine rings is 1. The van der Waals surface area contributed by atoms with Gasteiger partial charge in [-0.15, -0.1) is 0 Å². The molecule has 3 heterocycles. The van der Waals surface area contributed by atoms with Crippen LogP contribution in [0.25, 0.3) is 10.2 Å². The quantitative estimate of drug-likeness (QED) is 0.485. The maximum atomic E-state index is 14.0. The molecule has 0 atom stereocenters. The van der Waals surface area contributed by atoms with Gasteiger partial charge in [-0.2, -0.15) is 0 Å². The van der Waals surface area contributed by atoms with Gasteiger partial charge in [0.2, 0.25) is 0 Å². The molecule has 1 N–H and O–H groups in total. The zero-order valence-electron chi connectivity index (χ0n) is 20.4. The molecule has 2 aromatic carbocycles. The van der Waals surface area contributed by atoms with Crippen LogP contribution in [0.5, 0.6) is 0 Å². The molecule has 0 bridgehead atoms. The third-order valence-electron chi connectivity index (χ3n) is 7.20. The number of thiazole rings is 1. The fraction of sp³-hybridized carbons (Fsp3) is 0.481. The van der Waals surface area contributed by atoms with Gasteiger partial charge in [-0.25, -0.2) is 9.37 Å². The normalized spacial score (nSPS) is 17.8. The molecule has 8 heteroatoms. The van der Waals surface area contributed by atoms with E-state index in [2.05, 4.69) is 26.9 Å². The van der Waals surface area contributed by atoms with E-state index in [1.807, 2.05) is 30.3 Å². The van der Waals surface area contributed by atoms with E-state index in [-0.39, 0.29) is 11.7 Å². The number of para-hydroxylation sites is 1. The summed E-state index contributed by atoms with van der Waals surface area (Å²) in [6.07, 6.45) is 3.32. The Balaban J connectivity index is 1.07. The van der Waals surface area contributed by atoms with Crippen LogP contribution in [0.4, 0.5) is 15.2 Å². The summed E-state index contributed by atoms with van der Waals surface area (Å²) in [6, 6.07) is 12.8. The Kier molecular flexibility index (Phi) is 7.48. The fourth-order valence-electron chi connectivity index (χ4n) is 4.92. The van der Waals surface area contributed by atoms with E-state index in [1.54, 1.807) is 17.4 Å². The van der Waals surface area contributed by atoms with E-state index in [0.29, 0.717) is 17.8 Å². The van der Waals surface area contributed by atoms with E-state index in [1.165, 1.54) is 18.9 Å². The second-order valence-electron chi connectivity index (χ2n) is 9.74. The Hall–Kier alpha value is -2.71. The first kappa shape index (κ1) is 24.0. The van der Waals surface area contributed by atoms with Gasteiger partial charge in [0.05, 0.1) is 15.9 Å². The molecule has 0 spiro atoms. The van der Waals surface area contributed by atoms with Gasteiger partial charge < -0.3 is 15.1 Å². The first-order valence-corrected chi connectivity index (χ1v) is 13.5. The van der Waals surface area contributed by atoms with Crippen molar-refractivity contribution in [1.29, 1.82) is 0 Å². The zero-order chi connectivity index (χ0) is 24.2. The van der Waals surface area contributed by atoms with Crippen molar-refractivity contribution in [1.82, 2.24) is 15.2 Å². The molecule has 2 aliphatic rings. The fourth-order valence-corrected chi connectivity index (χ4v) is 5.97. The van der Waals surface area contributed by atoms with Gasteiger partial charge in [-0.1, -0.05) is 30.4 Å². The Morgan fingerprint density at radius 2 is 1.83 bits per heavy atom. The smallest absolute Gasteiger partial charge is 0.251 e. The maximum Gasteiger partial charge on any atom is 0.251 e. The van der Waals surface area contributed by atoms with Gasteiger partial charge >= 0.3 is 0 Å². The van der Waals surface area contributed by atoms with Crippen LogP contribution in [0.15, 0.2) is 42.5 Å². The molecule has 2 saturated heterocycles. The summed E-state index contributed by atoms with van der Waals surface area (Å²) in [5.74, 6) is 0.606. The molecular formula is C27H34FN5OS. The molecule has 1 amide bonds. The largest absolute Gasteiger partial charge is 0.367 e. The monoisotopic (exact) mass is 495 g/mol. The average molecular weight is 496 g/mol. The predicted molar refractivity (Wildman–Crippen MR) is 142 cm³/mol. The van der Waals surface area contributed by atoms with Crippen LogP contribution in [0.2, 0.25) is 0 Å². The average Bonchev–Trinajstić information content (AvgIpc) is 3.31. The Morgan fingerprint density at radius 1 is 1.06 bits per heavy atom. The van der Waals surface area contributed by atoms with Gasteiger partial charge in [0.15, 0.2) is 5.13 Å². The van der Waals surface area contributed by atoms with Crippen LogP contribution in [-0.2, 0) is 0 Å². The minimum atomic E-state index is -0.155. The highest BCUT2D eigenvalue weighted by atomic mass is 32.1. The summed E-state index contributed by atoms with van der Waals surface area (Å²) in [6.45, 7) is 9.46. The van der Waals surface area contributed by atoms with Crippen LogP contribution in [-0.4, -0.2) is 68.1 Å². The summed E-state index contributed by atoms with van der Waals surface area (Å²) in [4.78, 5) is 24.4. The number of anilines is 2. The molecule has 3 aromatic rings. The second kappa shape index (κ2) is 10.9. The second-order valence-corrected chi connectivity index (χ2v) is 10.7. The zero-order valence-corrected chi connectivity index (χ0v) is 21.2. The third-order valence-corrected chi connectivity index (χ3v) is 8.27. The SMILES string of the molecule is CC1CCN(c2nc3ccc(C(=O)NCCCN4CCN(c5ccccc5F)CC4)cc3s2)CC1. The summed E-state index contributed by atoms with van der Waals surface area (Å²) in [7, 11) is 0. The number of aromatic nitrogens is 1. The number of rotatable bonds is 7. The van der Waals surface area contributed by atoms with Crippen molar-refractivity contribution in [3.63, 3.8) is 0 Å². The summed E-state index contributed by atoms with van der Waals surface area (Å²) in [5.41, 5.74) is 2.35. The van der Waals surface area contributed by atoms with Crippen molar-refractivity contribution >= 4 is 38.3 Å². The van der Waals surface area contributed by atoms with Gasteiger partial charge in [-0.05, 0) is 62.1 Å². The number of halogens is 1. The van der Waals surface area contributed by atoms with Crippen LogP contribution in [0.1, 0.15) is 36.5 Å². The lowest BCUT2D eigenvalue weighted by Gasteiger charge is -2.36. The van der Waals surface area contributed by atoms with Gasteiger partial charge in [-0.3, -0.25) is 9.69 Å². The van der Waals surface area contributed by atoms with Crippen LogP contribution >= 0.6 is 11.3 Å². The van der Waals surface area contributed by atoms with Crippen molar-refractivity contribution in [2.45, 2.75) is 26.2 Å². The highest BCUT2D eigenvalue weighted by Crippen LogP contribution is 2.32. The first-order valence-electron chi connectivity index (χ1n) is 12.7. The van der Waals surface area contributed by atoms with Gasteiger partial charge in [0, 0.05) is 51.4 Å². The Morgan fingerprint density at radius 3 is 2.60 bits per heavy atom. The standard InChI is InChI=1S/C27H34FN5OS/c1-20-9-13-33(14-10-20)27-30-23-8-7-21(19-25(23)35-27)26(34)29-11-4-12-31-15-17-32(18-16-31)24-6-3-2-5-22(24)28/h2-3,5-8,19-20H,4,9-18H2,1H3,(H,29,34). The lowest BCUT2D eigenvalue weighted by molar-refractivity contribution is 0.0951. The molecule has 5 rings (SSSR count). The number of carbonyl (C=O) groups excluding carboxylic acids is 1. The van der Waals surface area contributed by atoms with E-state index in [4.69, 9.17) is 4.98 Å². The third kappa shape index (κ3) is 5.76. The van der Waals surface area contributed by atoms with Crippen molar-refractivity contribution in [3.05, 3.63) is 53.8 Å². The number of benzene rings is 2. The van der Waals surface area contributed by atoms with Crippen LogP contribution in [0.3, 0.4) is 0 Å². The molecule has 0 saturated carbocycles. The summed E-state index contributed by atoms with van der Waals surface area (Å²) in [5, 5.41) is 4.14. The molecule has 1 aromatic heterocycles. The molecule has 0 radical (unpaired) electrons. The lowest BCUT2D eigenvalue weighted by atomic mass is 10.00. The predicted octanol–water partition coefficient (Wildman–Crippen LogP) is 4.61. The molecule has 0 unspecified atom stereocenters. The first-order chi connectivity index (χ1) is 17.1. The van der Waals surface area contributed by atoms with E-state index in [0.717, 1.165) is 73.5 Å². The maximum absolute atomic E-state index is 14.0. The van der Waals surface area contributed by atoms with Gasteiger partial charge in [0.25, 0.3) is 5.91 Å². The van der Waals surface area contributed by atoms with Crippen LogP contribution in [0, 0.1) is 11.7 Å². The van der Waals surface area contributed by atoms with Crippen molar-refractivity contribution in [2.24, 2.45) is 5.92 Å². The molecular weight excluding hydrogens is 461 g/mol. The molecule has 0 aliphatic carbocycles. The van der Waals surface area contributed by atoms with E-state index in [9.17, 15) is 9.18 Å². The molecule has 2 fully saturated rings. The highest BCUT2D eigenvalue weighted by Gasteiger charge is 2.20. The number of carbonyl (C=O) groups is 1. The summed E-state index contributed by atoms with van der Waals surface area (Å²) < 4.78 is 15.1. The molecule has 6 nitrogen and oxygen atoms in total. The minimum Gasteiger partial charge on any atom is -0.367 e. The number of piperazine rings is 1. The number of nitrogens with one attached hydrogen (secondary N) is 1. The van der Waals surface area contributed by atoms with Crippen molar-refractivity contribution in [2.75, 3.05) is 62.2 Å². The van der Waals surface area contributed by atoms with Crippen molar-refractivity contribution < 1.29 is 9.18 Å². The number of hydrogen-bond acceptors (Lipinski definition) is 6. The van der Waals surface area contributed by atoms with E-state index < -0.39 is 0 Å². The molecule has 186 valence electrons. The molecule has 35 heavy (non-hydrogen) atoms. The van der Waals surface area contributed by atoms with Crippen LogP contribution < -0.4 is 15.1 Å². The highest BCUT2D eigenvalue weighted by molar-refractivity contribution is 7.22.